The van der Waals surface area contributed by atoms with Crippen molar-refractivity contribution in [3.8, 4) is 0 Å². The topological polar surface area (TPSA) is 87.2 Å². The average Bonchev–Trinajstić information content (AvgIpc) is 2.79. The molecule has 3 aromatic rings. The number of likely N-dealkylation sites (tertiary alicyclic amines) is 1. The van der Waals surface area contributed by atoms with Gasteiger partial charge in [-0.05, 0) is 61.7 Å². The van der Waals surface area contributed by atoms with Crippen molar-refractivity contribution in [2.24, 2.45) is 0 Å². The third kappa shape index (κ3) is 4.88. The first kappa shape index (κ1) is 20.5. The van der Waals surface area contributed by atoms with Gasteiger partial charge in [-0.15, -0.1) is 0 Å². The van der Waals surface area contributed by atoms with Gasteiger partial charge in [-0.3, -0.25) is 9.59 Å². The van der Waals surface area contributed by atoms with Gasteiger partial charge >= 0.3 is 0 Å². The molecule has 1 unspecified atom stereocenters. The van der Waals surface area contributed by atoms with E-state index in [0.717, 1.165) is 29.3 Å². The zero-order chi connectivity index (χ0) is 21.8. The molecule has 1 fully saturated rings. The van der Waals surface area contributed by atoms with Crippen LogP contribution in [0, 0.1) is 6.92 Å². The van der Waals surface area contributed by atoms with Gasteiger partial charge in [0.05, 0.1) is 5.52 Å². The number of benzene rings is 2. The second kappa shape index (κ2) is 8.95. The summed E-state index contributed by atoms with van der Waals surface area (Å²) in [7, 11) is 0. The van der Waals surface area contributed by atoms with E-state index >= 15 is 0 Å². The number of aromatic nitrogens is 2. The predicted molar refractivity (Wildman–Crippen MR) is 122 cm³/mol. The van der Waals surface area contributed by atoms with E-state index in [1.807, 2.05) is 36.2 Å². The monoisotopic (exact) mass is 415 g/mol. The second-order valence-corrected chi connectivity index (χ2v) is 7.76. The molecule has 0 bridgehead atoms. The Balaban J connectivity index is 1.41. The van der Waals surface area contributed by atoms with Crippen LogP contribution in [0.25, 0.3) is 10.9 Å². The Morgan fingerprint density at radius 2 is 2.00 bits per heavy atom. The van der Waals surface area contributed by atoms with Gasteiger partial charge in [0.15, 0.2) is 0 Å². The van der Waals surface area contributed by atoms with Crippen LogP contribution in [0.1, 0.15) is 28.8 Å². The number of nitrogens with one attached hydrogen (secondary N) is 2. The Morgan fingerprint density at radius 1 is 1.19 bits per heavy atom. The first-order valence-electron chi connectivity index (χ1n) is 10.3. The molecule has 4 rings (SSSR count). The quantitative estimate of drug-likeness (QED) is 0.619. The van der Waals surface area contributed by atoms with E-state index in [1.54, 1.807) is 24.3 Å². The van der Waals surface area contributed by atoms with Crippen LogP contribution >= 0.6 is 0 Å². The van der Waals surface area contributed by atoms with E-state index in [0.29, 0.717) is 30.3 Å². The van der Waals surface area contributed by atoms with Gasteiger partial charge < -0.3 is 15.5 Å². The van der Waals surface area contributed by atoms with E-state index < -0.39 is 0 Å². The lowest BCUT2D eigenvalue weighted by Gasteiger charge is -2.33. The number of anilines is 2. The smallest absolute Gasteiger partial charge is 0.253 e. The molecular formula is C24H25N5O2. The van der Waals surface area contributed by atoms with Crippen LogP contribution in [0.4, 0.5) is 11.6 Å². The maximum atomic E-state index is 13.0. The van der Waals surface area contributed by atoms with Crippen LogP contribution in [0.15, 0.2) is 61.3 Å². The van der Waals surface area contributed by atoms with Gasteiger partial charge in [0.25, 0.3) is 5.91 Å². The van der Waals surface area contributed by atoms with Gasteiger partial charge in [-0.2, -0.15) is 0 Å². The van der Waals surface area contributed by atoms with Crippen molar-refractivity contribution in [3.63, 3.8) is 0 Å². The molecule has 0 spiro atoms. The zero-order valence-corrected chi connectivity index (χ0v) is 17.5. The van der Waals surface area contributed by atoms with Crippen molar-refractivity contribution in [1.29, 1.82) is 0 Å². The maximum absolute atomic E-state index is 13.0. The van der Waals surface area contributed by atoms with Crippen molar-refractivity contribution >= 4 is 34.4 Å². The average molecular weight is 415 g/mol. The summed E-state index contributed by atoms with van der Waals surface area (Å²) < 4.78 is 0. The molecule has 158 valence electrons. The number of hydrogen-bond acceptors (Lipinski definition) is 5. The summed E-state index contributed by atoms with van der Waals surface area (Å²) >= 11 is 0. The van der Waals surface area contributed by atoms with Crippen LogP contribution in [0.5, 0.6) is 0 Å². The molecule has 0 radical (unpaired) electrons. The Kier molecular flexibility index (Phi) is 5.93. The number of aryl methyl sites for hydroxylation is 1. The van der Waals surface area contributed by atoms with E-state index in [4.69, 9.17) is 0 Å². The highest BCUT2D eigenvalue weighted by atomic mass is 16.2. The SMILES string of the molecule is C=CC(=O)Nc1ccc(C(=O)N2CCCC(Nc3ncc4ccc(C)cc4n3)C2)cc1. The highest BCUT2D eigenvalue weighted by molar-refractivity contribution is 5.99. The molecule has 2 heterocycles. The molecule has 7 heteroatoms. The summed E-state index contributed by atoms with van der Waals surface area (Å²) in [5, 5.41) is 7.08. The van der Waals surface area contributed by atoms with Crippen LogP contribution < -0.4 is 10.6 Å². The van der Waals surface area contributed by atoms with Gasteiger partial charge in [0.2, 0.25) is 11.9 Å². The fourth-order valence-corrected chi connectivity index (χ4v) is 3.74. The van der Waals surface area contributed by atoms with Crippen LogP contribution in [0.2, 0.25) is 0 Å². The minimum absolute atomic E-state index is 0.0249. The number of nitrogens with zero attached hydrogens (tertiary/aromatic N) is 3. The fourth-order valence-electron chi connectivity index (χ4n) is 3.74. The summed E-state index contributed by atoms with van der Waals surface area (Å²) in [6.45, 7) is 6.77. The first-order valence-corrected chi connectivity index (χ1v) is 10.3. The molecule has 1 saturated heterocycles. The molecule has 1 atom stereocenters. The van der Waals surface area contributed by atoms with Gasteiger partial charge in [0, 0.05) is 42.0 Å². The summed E-state index contributed by atoms with van der Waals surface area (Å²) in [5.74, 6) is 0.276. The summed E-state index contributed by atoms with van der Waals surface area (Å²) in [6.07, 6.45) is 4.89. The Bertz CT molecular complexity index is 1130. The van der Waals surface area contributed by atoms with Crippen molar-refractivity contribution in [2.75, 3.05) is 23.7 Å². The third-order valence-corrected chi connectivity index (χ3v) is 5.36. The number of fused-ring (bicyclic) bond motifs is 1. The molecule has 1 aliphatic heterocycles. The number of hydrogen-bond donors (Lipinski definition) is 2. The molecule has 2 N–H and O–H groups in total. The summed E-state index contributed by atoms with van der Waals surface area (Å²) in [4.78, 5) is 35.3. The van der Waals surface area contributed by atoms with Crippen molar-refractivity contribution in [1.82, 2.24) is 14.9 Å². The van der Waals surface area contributed by atoms with E-state index in [2.05, 4.69) is 27.2 Å². The predicted octanol–water partition coefficient (Wildman–Crippen LogP) is 3.78. The second-order valence-electron chi connectivity index (χ2n) is 7.76. The number of carbonyl (C=O) groups is 2. The molecule has 2 aromatic carbocycles. The Hall–Kier alpha value is -3.74. The highest BCUT2D eigenvalue weighted by Crippen LogP contribution is 2.19. The Morgan fingerprint density at radius 3 is 2.77 bits per heavy atom. The van der Waals surface area contributed by atoms with E-state index in [9.17, 15) is 9.59 Å². The minimum atomic E-state index is -0.282. The first-order chi connectivity index (χ1) is 15.0. The van der Waals surface area contributed by atoms with E-state index in [1.165, 1.54) is 6.08 Å². The highest BCUT2D eigenvalue weighted by Gasteiger charge is 2.25. The molecule has 2 amide bonds. The molecule has 0 aliphatic carbocycles. The fraction of sp³-hybridized carbons (Fsp3) is 0.250. The van der Waals surface area contributed by atoms with Gasteiger partial charge in [-0.25, -0.2) is 9.97 Å². The van der Waals surface area contributed by atoms with E-state index in [-0.39, 0.29) is 17.9 Å². The molecule has 0 saturated carbocycles. The number of carbonyl (C=O) groups excluding carboxylic acids is 2. The lowest BCUT2D eigenvalue weighted by atomic mass is 10.0. The molecule has 1 aliphatic rings. The van der Waals surface area contributed by atoms with Crippen LogP contribution in [-0.4, -0.2) is 45.8 Å². The lowest BCUT2D eigenvalue weighted by Crippen LogP contribution is -2.45. The molecule has 31 heavy (non-hydrogen) atoms. The number of rotatable bonds is 5. The Labute approximate surface area is 181 Å². The standard InChI is InChI=1S/C24H25N5O2/c1-3-22(30)26-19-10-8-17(9-11-19)23(31)29-12-4-5-20(15-29)27-24-25-14-18-7-6-16(2)13-21(18)28-24/h3,6-11,13-14,20H,1,4-5,12,15H2,2H3,(H,26,30)(H,25,27,28). The minimum Gasteiger partial charge on any atom is -0.350 e. The third-order valence-electron chi connectivity index (χ3n) is 5.36. The van der Waals surface area contributed by atoms with Crippen molar-refractivity contribution in [2.45, 2.75) is 25.8 Å². The maximum Gasteiger partial charge on any atom is 0.253 e. The number of piperidine rings is 1. The summed E-state index contributed by atoms with van der Waals surface area (Å²) in [6, 6.07) is 13.1. The molecular weight excluding hydrogens is 390 g/mol. The van der Waals surface area contributed by atoms with Crippen LogP contribution in [-0.2, 0) is 4.79 Å². The normalized spacial score (nSPS) is 16.0. The van der Waals surface area contributed by atoms with Crippen molar-refractivity contribution in [3.05, 3.63) is 72.4 Å². The van der Waals surface area contributed by atoms with Gasteiger partial charge in [-0.1, -0.05) is 18.7 Å². The largest absolute Gasteiger partial charge is 0.350 e. The lowest BCUT2D eigenvalue weighted by molar-refractivity contribution is -0.111. The van der Waals surface area contributed by atoms with Crippen LogP contribution in [0.3, 0.4) is 0 Å². The van der Waals surface area contributed by atoms with Gasteiger partial charge in [0.1, 0.15) is 0 Å². The number of amides is 2. The molecule has 7 nitrogen and oxygen atoms in total. The van der Waals surface area contributed by atoms with Crippen molar-refractivity contribution < 1.29 is 9.59 Å². The molecule has 1 aromatic heterocycles. The summed E-state index contributed by atoms with van der Waals surface area (Å²) in [5.41, 5.74) is 3.28. The zero-order valence-electron chi connectivity index (χ0n) is 17.5.